The number of amides is 3. The van der Waals surface area contributed by atoms with Gasteiger partial charge < -0.3 is 30.0 Å². The van der Waals surface area contributed by atoms with Crippen LogP contribution in [0, 0.1) is 23.1 Å². The largest absolute Gasteiger partial charge is 0.496 e. The molecule has 2 aliphatic rings. The highest BCUT2D eigenvalue weighted by atomic mass is 19.1. The second-order valence-corrected chi connectivity index (χ2v) is 10.8. The van der Waals surface area contributed by atoms with E-state index >= 15 is 0 Å². The third kappa shape index (κ3) is 5.96. The first kappa shape index (κ1) is 30.2. The van der Waals surface area contributed by atoms with E-state index in [9.17, 15) is 28.4 Å². The number of likely N-dealkylation sites (tertiary alicyclic amines) is 1. The number of nitrogens with one attached hydrogen (secondary N) is 3. The first-order chi connectivity index (χ1) is 21.1. The summed E-state index contributed by atoms with van der Waals surface area (Å²) in [6, 6.07) is 9.34. The topological polar surface area (TPSA) is 171 Å². The van der Waals surface area contributed by atoms with Gasteiger partial charge in [-0.1, -0.05) is 6.07 Å². The fourth-order valence-corrected chi connectivity index (χ4v) is 5.80. The van der Waals surface area contributed by atoms with Crippen molar-refractivity contribution < 1.29 is 37.8 Å². The Morgan fingerprint density at radius 1 is 1.20 bits per heavy atom. The quantitative estimate of drug-likeness (QED) is 0.296. The number of rotatable bonds is 10. The number of H-pyrrole nitrogens is 1. The molecule has 0 bridgehead atoms. The van der Waals surface area contributed by atoms with Gasteiger partial charge in [0.15, 0.2) is 12.4 Å². The van der Waals surface area contributed by atoms with E-state index in [0.29, 0.717) is 29.6 Å². The number of fused-ring (bicyclic) bond motifs is 1. The normalized spacial score (nSPS) is 20.2. The number of benzene rings is 2. The van der Waals surface area contributed by atoms with Crippen molar-refractivity contribution in [2.45, 2.75) is 44.3 Å². The van der Waals surface area contributed by atoms with Gasteiger partial charge in [-0.15, -0.1) is 0 Å². The zero-order chi connectivity index (χ0) is 31.5. The summed E-state index contributed by atoms with van der Waals surface area (Å²) in [5.74, 6) is -4.00. The van der Waals surface area contributed by atoms with E-state index in [0.717, 1.165) is 12.1 Å². The second kappa shape index (κ2) is 12.5. The van der Waals surface area contributed by atoms with Crippen LogP contribution in [0.3, 0.4) is 0 Å². The summed E-state index contributed by atoms with van der Waals surface area (Å²) in [6.45, 7) is 1.38. The van der Waals surface area contributed by atoms with E-state index in [1.165, 1.54) is 18.1 Å². The average Bonchev–Trinajstić information content (AvgIpc) is 3.71. The number of methoxy groups -OCH3 is 1. The predicted molar refractivity (Wildman–Crippen MR) is 153 cm³/mol. The number of nitrogens with zero attached hydrogens (tertiary/aromatic N) is 2. The van der Waals surface area contributed by atoms with Crippen LogP contribution in [0.5, 0.6) is 5.75 Å². The molecule has 2 aliphatic heterocycles. The van der Waals surface area contributed by atoms with Crippen molar-refractivity contribution in [2.75, 3.05) is 20.3 Å². The average molecular weight is 604 g/mol. The number of hydrogen-bond donors (Lipinski definition) is 3. The lowest BCUT2D eigenvalue weighted by atomic mass is 9.94. The molecular formula is C31H30FN5O7. The Balaban J connectivity index is 1.31. The summed E-state index contributed by atoms with van der Waals surface area (Å²) in [5.41, 5.74) is 0.461. The van der Waals surface area contributed by atoms with Crippen molar-refractivity contribution in [2.24, 2.45) is 5.92 Å². The maximum absolute atomic E-state index is 14.3. The van der Waals surface area contributed by atoms with Crippen LogP contribution in [0.2, 0.25) is 0 Å². The minimum Gasteiger partial charge on any atom is -0.496 e. The van der Waals surface area contributed by atoms with Crippen LogP contribution in [0.4, 0.5) is 4.39 Å². The number of carbonyl (C=O) groups is 5. The Hall–Kier alpha value is -5.25. The SMILES string of the molecule is COc1cccc2[nH]c(C(=O)N[C@H]3CC(C)N([C@@H](C[C@@H]4CCNC4=O)C(=O)COC(=O)c4ccc(C#N)cc4F)C3=O)cc12. The lowest BCUT2D eigenvalue weighted by Gasteiger charge is -2.31. The van der Waals surface area contributed by atoms with Gasteiger partial charge in [0, 0.05) is 29.4 Å². The molecule has 5 rings (SSSR count). The zero-order valence-electron chi connectivity index (χ0n) is 24.0. The van der Waals surface area contributed by atoms with Crippen molar-refractivity contribution in [3.63, 3.8) is 0 Å². The second-order valence-electron chi connectivity index (χ2n) is 10.8. The third-order valence-corrected chi connectivity index (χ3v) is 8.04. The van der Waals surface area contributed by atoms with E-state index in [1.54, 1.807) is 37.3 Å². The monoisotopic (exact) mass is 603 g/mol. The summed E-state index contributed by atoms with van der Waals surface area (Å²) >= 11 is 0. The summed E-state index contributed by atoms with van der Waals surface area (Å²) in [7, 11) is 1.52. The van der Waals surface area contributed by atoms with Gasteiger partial charge in [-0.3, -0.25) is 19.2 Å². The molecule has 0 saturated carbocycles. The van der Waals surface area contributed by atoms with Crippen LogP contribution < -0.4 is 15.4 Å². The van der Waals surface area contributed by atoms with E-state index < -0.39 is 65.6 Å². The number of hydrogen-bond acceptors (Lipinski definition) is 8. The van der Waals surface area contributed by atoms with Gasteiger partial charge in [0.1, 0.15) is 23.3 Å². The highest BCUT2D eigenvalue weighted by Gasteiger charge is 2.45. The minimum absolute atomic E-state index is 0.00793. The van der Waals surface area contributed by atoms with Gasteiger partial charge in [-0.25, -0.2) is 9.18 Å². The van der Waals surface area contributed by atoms with Crippen LogP contribution in [-0.2, 0) is 19.1 Å². The summed E-state index contributed by atoms with van der Waals surface area (Å²) in [5, 5.41) is 15.1. The van der Waals surface area contributed by atoms with Crippen LogP contribution >= 0.6 is 0 Å². The maximum atomic E-state index is 14.3. The number of ether oxygens (including phenoxy) is 2. The van der Waals surface area contributed by atoms with Gasteiger partial charge in [-0.05, 0) is 62.6 Å². The van der Waals surface area contributed by atoms with Crippen LogP contribution in [0.1, 0.15) is 52.6 Å². The molecule has 1 aromatic heterocycles. The molecule has 2 aromatic carbocycles. The van der Waals surface area contributed by atoms with E-state index in [1.807, 2.05) is 0 Å². The molecule has 12 nitrogen and oxygen atoms in total. The Kier molecular flexibility index (Phi) is 8.61. The van der Waals surface area contributed by atoms with Gasteiger partial charge in [0.2, 0.25) is 11.8 Å². The Labute approximate surface area is 251 Å². The summed E-state index contributed by atoms with van der Waals surface area (Å²) < 4.78 is 24.8. The fourth-order valence-electron chi connectivity index (χ4n) is 5.80. The number of halogens is 1. The van der Waals surface area contributed by atoms with Crippen LogP contribution in [-0.4, -0.2) is 77.7 Å². The molecule has 3 aromatic rings. The number of esters is 1. The molecular weight excluding hydrogens is 573 g/mol. The van der Waals surface area contributed by atoms with Crippen molar-refractivity contribution >= 4 is 40.4 Å². The zero-order valence-corrected chi connectivity index (χ0v) is 24.0. The highest BCUT2D eigenvalue weighted by Crippen LogP contribution is 2.29. The molecule has 3 N–H and O–H groups in total. The van der Waals surface area contributed by atoms with E-state index in [4.69, 9.17) is 14.7 Å². The van der Waals surface area contributed by atoms with Gasteiger partial charge in [-0.2, -0.15) is 5.26 Å². The number of aromatic amines is 1. The summed E-state index contributed by atoms with van der Waals surface area (Å²) in [4.78, 5) is 69.6. The van der Waals surface area contributed by atoms with Gasteiger partial charge >= 0.3 is 5.97 Å². The number of aromatic nitrogens is 1. The fraction of sp³-hybridized carbons (Fsp3) is 0.355. The first-order valence-electron chi connectivity index (χ1n) is 14.1. The lowest BCUT2D eigenvalue weighted by molar-refractivity contribution is -0.141. The van der Waals surface area contributed by atoms with Crippen molar-refractivity contribution in [3.8, 4) is 11.8 Å². The number of ketones is 1. The standard InChI is InChI=1S/C31H30FN5O7/c1-16-10-24(36-29(40)23-13-20-22(35-23)4-3-5-27(20)43-2)30(41)37(16)25(12-18-8-9-34-28(18)39)26(38)15-44-31(42)19-7-6-17(14-33)11-21(19)32/h3-7,11,13,16,18,24-25,35H,8-10,12,15H2,1-2H3,(H,34,39)(H,36,40)/t16?,18-,24-,25-/m0/s1. The van der Waals surface area contributed by atoms with Crippen molar-refractivity contribution in [1.82, 2.24) is 20.5 Å². The molecule has 3 heterocycles. The molecule has 4 atom stereocenters. The number of nitriles is 1. The Morgan fingerprint density at radius 3 is 2.68 bits per heavy atom. The molecule has 2 fully saturated rings. The van der Waals surface area contributed by atoms with Crippen LogP contribution in [0.15, 0.2) is 42.5 Å². The number of carbonyl (C=O) groups excluding carboxylic acids is 5. The Bertz CT molecular complexity index is 1700. The lowest BCUT2D eigenvalue weighted by Crippen LogP contribution is -2.51. The molecule has 228 valence electrons. The van der Waals surface area contributed by atoms with E-state index in [-0.39, 0.29) is 30.0 Å². The molecule has 1 unspecified atom stereocenters. The van der Waals surface area contributed by atoms with Crippen molar-refractivity contribution in [3.05, 3.63) is 65.1 Å². The Morgan fingerprint density at radius 2 is 2.00 bits per heavy atom. The van der Waals surface area contributed by atoms with Crippen LogP contribution in [0.25, 0.3) is 10.9 Å². The molecule has 13 heteroatoms. The molecule has 0 radical (unpaired) electrons. The molecule has 2 saturated heterocycles. The molecule has 44 heavy (non-hydrogen) atoms. The van der Waals surface area contributed by atoms with Crippen molar-refractivity contribution in [1.29, 1.82) is 5.26 Å². The summed E-state index contributed by atoms with van der Waals surface area (Å²) in [6.07, 6.45) is 0.649. The van der Waals surface area contributed by atoms with Gasteiger partial charge in [0.25, 0.3) is 5.91 Å². The first-order valence-corrected chi connectivity index (χ1v) is 14.1. The highest BCUT2D eigenvalue weighted by molar-refractivity contribution is 6.02. The number of Topliss-reactive ketones (excluding diaryl/α,β-unsaturated/α-hetero) is 1. The third-order valence-electron chi connectivity index (χ3n) is 8.04. The minimum atomic E-state index is -1.13. The predicted octanol–water partition coefficient (Wildman–Crippen LogP) is 2.23. The maximum Gasteiger partial charge on any atom is 0.341 e. The molecule has 0 aliphatic carbocycles. The van der Waals surface area contributed by atoms with Gasteiger partial charge in [0.05, 0.1) is 30.3 Å². The van der Waals surface area contributed by atoms with E-state index in [2.05, 4.69) is 15.6 Å². The smallest absolute Gasteiger partial charge is 0.341 e. The molecule has 3 amide bonds. The molecule has 0 spiro atoms.